The monoisotopic (exact) mass is 485 g/mol. The Balaban J connectivity index is 1.39. The number of aliphatic imine (C=N–C) groups is 1. The molecule has 3 N–H and O–H groups in total. The lowest BCUT2D eigenvalue weighted by atomic mass is 9.81. The Morgan fingerprint density at radius 1 is 1.03 bits per heavy atom. The third-order valence-corrected chi connectivity index (χ3v) is 8.06. The minimum absolute atomic E-state index is 0.161. The van der Waals surface area contributed by atoms with Crippen LogP contribution in [0.1, 0.15) is 65.2 Å². The minimum atomic E-state index is 0.161. The summed E-state index contributed by atoms with van der Waals surface area (Å²) >= 11 is 2.12. The fourth-order valence-corrected chi connectivity index (χ4v) is 6.53. The van der Waals surface area contributed by atoms with E-state index in [2.05, 4.69) is 30.9 Å². The summed E-state index contributed by atoms with van der Waals surface area (Å²) < 4.78 is 16.3. The van der Waals surface area contributed by atoms with Crippen molar-refractivity contribution in [1.82, 2.24) is 5.32 Å². The number of unbranched alkanes of at least 4 members (excludes halogenated alkanes) is 1. The number of carbonyl (C=O) groups excluding carboxylic acids is 1. The van der Waals surface area contributed by atoms with E-state index in [1.54, 1.807) is 0 Å². The topological polar surface area (TPSA) is 95.2 Å². The Kier molecular flexibility index (Phi) is 15.3. The molecular formula is C25H47N3O4S. The molecule has 0 aromatic rings. The van der Waals surface area contributed by atoms with E-state index in [-0.39, 0.29) is 5.91 Å². The van der Waals surface area contributed by atoms with Gasteiger partial charge in [0.05, 0.1) is 32.5 Å². The SMILES string of the molecule is CCC1=NC2CSC(CCCCC(=O)NCCCOCCOCCOCCCN)C2C1CC. The molecule has 0 spiro atoms. The van der Waals surface area contributed by atoms with Gasteiger partial charge in [0.1, 0.15) is 0 Å². The number of hydrogen-bond acceptors (Lipinski definition) is 7. The van der Waals surface area contributed by atoms with Gasteiger partial charge < -0.3 is 25.3 Å². The number of fused-ring (bicyclic) bond motifs is 1. The highest BCUT2D eigenvalue weighted by Gasteiger charge is 2.45. The molecule has 4 atom stereocenters. The number of nitrogens with one attached hydrogen (secondary N) is 1. The largest absolute Gasteiger partial charge is 0.379 e. The van der Waals surface area contributed by atoms with Gasteiger partial charge in [-0.2, -0.15) is 11.8 Å². The Morgan fingerprint density at radius 2 is 1.73 bits per heavy atom. The van der Waals surface area contributed by atoms with Crippen molar-refractivity contribution in [3.63, 3.8) is 0 Å². The number of thioether (sulfide) groups is 1. The molecule has 2 rings (SSSR count). The number of nitrogens with zero attached hydrogens (tertiary/aromatic N) is 1. The first-order chi connectivity index (χ1) is 16.2. The summed E-state index contributed by atoms with van der Waals surface area (Å²) in [5.41, 5.74) is 6.85. The summed E-state index contributed by atoms with van der Waals surface area (Å²) in [5.74, 6) is 2.78. The lowest BCUT2D eigenvalue weighted by molar-refractivity contribution is -0.121. The van der Waals surface area contributed by atoms with Crippen LogP contribution in [0.15, 0.2) is 4.99 Å². The van der Waals surface area contributed by atoms with Gasteiger partial charge in [-0.15, -0.1) is 0 Å². The van der Waals surface area contributed by atoms with Crippen LogP contribution in [-0.4, -0.2) is 81.4 Å². The quantitative estimate of drug-likeness (QED) is 0.257. The highest BCUT2D eigenvalue weighted by atomic mass is 32.2. The molecule has 33 heavy (non-hydrogen) atoms. The summed E-state index contributed by atoms with van der Waals surface area (Å²) in [5, 5.41) is 3.74. The summed E-state index contributed by atoms with van der Waals surface area (Å²) in [6.07, 6.45) is 7.99. The molecule has 0 aromatic heterocycles. The molecule has 2 heterocycles. The fraction of sp³-hybridized carbons (Fsp3) is 0.920. The maximum atomic E-state index is 12.1. The van der Waals surface area contributed by atoms with Crippen molar-refractivity contribution in [1.29, 1.82) is 0 Å². The molecule has 0 bridgehead atoms. The average molecular weight is 486 g/mol. The predicted molar refractivity (Wildman–Crippen MR) is 137 cm³/mol. The van der Waals surface area contributed by atoms with Crippen LogP contribution in [0.25, 0.3) is 0 Å². The summed E-state index contributed by atoms with van der Waals surface area (Å²) in [7, 11) is 0. The Hall–Kier alpha value is -0.670. The first-order valence-corrected chi connectivity index (χ1v) is 14.1. The van der Waals surface area contributed by atoms with Gasteiger partial charge in [-0.25, -0.2) is 0 Å². The second kappa shape index (κ2) is 17.7. The molecule has 2 aliphatic rings. The maximum absolute atomic E-state index is 12.1. The second-order valence-corrected chi connectivity index (χ2v) is 10.2. The predicted octanol–water partition coefficient (Wildman–Crippen LogP) is 3.44. The zero-order valence-corrected chi connectivity index (χ0v) is 21.7. The summed E-state index contributed by atoms with van der Waals surface area (Å²) in [4.78, 5) is 17.1. The number of hydrogen-bond donors (Lipinski definition) is 2. The van der Waals surface area contributed by atoms with Gasteiger partial charge in [0.15, 0.2) is 0 Å². The van der Waals surface area contributed by atoms with Crippen molar-refractivity contribution in [3.8, 4) is 0 Å². The van der Waals surface area contributed by atoms with E-state index < -0.39 is 0 Å². The van der Waals surface area contributed by atoms with E-state index >= 15 is 0 Å². The summed E-state index contributed by atoms with van der Waals surface area (Å²) in [6.45, 7) is 9.53. The van der Waals surface area contributed by atoms with Gasteiger partial charge in [0.2, 0.25) is 5.91 Å². The third kappa shape index (κ3) is 10.6. The van der Waals surface area contributed by atoms with E-state index in [9.17, 15) is 4.79 Å². The molecule has 1 fully saturated rings. The van der Waals surface area contributed by atoms with Gasteiger partial charge >= 0.3 is 0 Å². The first kappa shape index (κ1) is 28.6. The Labute approximate surface area is 205 Å². The normalized spacial score (nSPS) is 24.2. The molecule has 1 amide bonds. The zero-order valence-electron chi connectivity index (χ0n) is 20.9. The molecule has 4 unspecified atom stereocenters. The maximum Gasteiger partial charge on any atom is 0.219 e. The second-order valence-electron chi connectivity index (χ2n) is 8.93. The fourth-order valence-electron chi connectivity index (χ4n) is 4.86. The standard InChI is InChI=1S/C25H47N3O4S/c1-3-20-21(4-2)28-22-19-33-23(25(20)22)9-5-6-10-24(29)27-12-8-14-31-16-18-32-17-15-30-13-7-11-26/h20,22-23,25H,3-19,26H2,1-2H3,(H,27,29). The molecular weight excluding hydrogens is 438 g/mol. The molecule has 0 aliphatic carbocycles. The number of ether oxygens (including phenoxy) is 3. The highest BCUT2D eigenvalue weighted by Crippen LogP contribution is 2.47. The van der Waals surface area contributed by atoms with Crippen molar-refractivity contribution in [3.05, 3.63) is 0 Å². The van der Waals surface area contributed by atoms with Crippen molar-refractivity contribution < 1.29 is 19.0 Å². The average Bonchev–Trinajstić information content (AvgIpc) is 3.38. The van der Waals surface area contributed by atoms with E-state index in [1.807, 2.05) is 0 Å². The smallest absolute Gasteiger partial charge is 0.219 e. The van der Waals surface area contributed by atoms with E-state index in [0.717, 1.165) is 43.3 Å². The lowest BCUT2D eigenvalue weighted by Gasteiger charge is -2.24. The molecule has 192 valence electrons. The molecule has 0 radical (unpaired) electrons. The van der Waals surface area contributed by atoms with Crippen LogP contribution in [0.4, 0.5) is 0 Å². The summed E-state index contributed by atoms with van der Waals surface area (Å²) in [6, 6.07) is 0.553. The van der Waals surface area contributed by atoms with Gasteiger partial charge in [0, 0.05) is 54.7 Å². The molecule has 1 saturated heterocycles. The van der Waals surface area contributed by atoms with Gasteiger partial charge in [-0.05, 0) is 45.1 Å². The number of amides is 1. The van der Waals surface area contributed by atoms with Crippen LogP contribution in [-0.2, 0) is 19.0 Å². The van der Waals surface area contributed by atoms with Crippen molar-refractivity contribution >= 4 is 23.4 Å². The van der Waals surface area contributed by atoms with Crippen LogP contribution in [0, 0.1) is 11.8 Å². The molecule has 7 nitrogen and oxygen atoms in total. The van der Waals surface area contributed by atoms with E-state index in [4.69, 9.17) is 24.9 Å². The molecule has 2 aliphatic heterocycles. The van der Waals surface area contributed by atoms with Crippen LogP contribution >= 0.6 is 11.8 Å². The lowest BCUT2D eigenvalue weighted by Crippen LogP contribution is -2.28. The Morgan fingerprint density at radius 3 is 2.39 bits per heavy atom. The van der Waals surface area contributed by atoms with Crippen molar-refractivity contribution in [2.45, 2.75) is 76.5 Å². The van der Waals surface area contributed by atoms with Crippen molar-refractivity contribution in [2.24, 2.45) is 22.6 Å². The molecule has 8 heteroatoms. The van der Waals surface area contributed by atoms with Crippen LogP contribution in [0.5, 0.6) is 0 Å². The highest BCUT2D eigenvalue weighted by molar-refractivity contribution is 8.00. The van der Waals surface area contributed by atoms with Gasteiger partial charge in [-0.3, -0.25) is 9.79 Å². The molecule has 0 saturated carbocycles. The minimum Gasteiger partial charge on any atom is -0.379 e. The van der Waals surface area contributed by atoms with E-state index in [1.165, 1.54) is 24.3 Å². The number of nitrogens with two attached hydrogens (primary N) is 1. The van der Waals surface area contributed by atoms with Crippen LogP contribution in [0.2, 0.25) is 0 Å². The zero-order chi connectivity index (χ0) is 23.7. The van der Waals surface area contributed by atoms with E-state index in [0.29, 0.717) is 71.1 Å². The molecule has 0 aromatic carbocycles. The van der Waals surface area contributed by atoms with Gasteiger partial charge in [0.25, 0.3) is 0 Å². The van der Waals surface area contributed by atoms with Crippen LogP contribution < -0.4 is 11.1 Å². The number of rotatable bonds is 20. The van der Waals surface area contributed by atoms with Gasteiger partial charge in [-0.1, -0.05) is 20.3 Å². The van der Waals surface area contributed by atoms with Crippen LogP contribution in [0.3, 0.4) is 0 Å². The van der Waals surface area contributed by atoms with Crippen molar-refractivity contribution in [2.75, 3.05) is 58.5 Å². The third-order valence-electron chi connectivity index (χ3n) is 6.55. The first-order valence-electron chi connectivity index (χ1n) is 13.1. The Bertz CT molecular complexity index is 564. The number of carbonyl (C=O) groups is 1.